The van der Waals surface area contributed by atoms with E-state index in [1.165, 1.54) is 0 Å². The Morgan fingerprint density at radius 1 is 1.50 bits per heavy atom. The predicted molar refractivity (Wildman–Crippen MR) is 64.9 cm³/mol. The Bertz CT molecular complexity index is 513. The summed E-state index contributed by atoms with van der Waals surface area (Å²) in [5, 5.41) is 0. The van der Waals surface area contributed by atoms with Gasteiger partial charge in [0.2, 0.25) is 5.91 Å². The normalized spacial score (nSPS) is 26.5. The Labute approximate surface area is 106 Å². The van der Waals surface area contributed by atoms with Crippen LogP contribution in [0.4, 0.5) is 0 Å². The molecule has 1 saturated heterocycles. The maximum Gasteiger partial charge on any atom is 0.313 e. The van der Waals surface area contributed by atoms with Gasteiger partial charge in [0, 0.05) is 6.54 Å². The van der Waals surface area contributed by atoms with Gasteiger partial charge in [0.15, 0.2) is 0 Å². The molecule has 0 aromatic heterocycles. The minimum absolute atomic E-state index is 0.0855. The smallest absolute Gasteiger partial charge is 0.313 e. The highest BCUT2D eigenvalue weighted by atomic mass is 16.5. The molecular weight excluding hydrogens is 230 g/mol. The Balaban J connectivity index is 2.14. The van der Waals surface area contributed by atoms with E-state index < -0.39 is 0 Å². The number of hydrogen-bond donors (Lipinski definition) is 0. The second-order valence-corrected chi connectivity index (χ2v) is 3.97. The summed E-state index contributed by atoms with van der Waals surface area (Å²) in [5.74, 6) is 10.5. The number of nitrogens with zero attached hydrogens (tertiary/aromatic N) is 1. The Hall–Kier alpha value is -2.20. The van der Waals surface area contributed by atoms with E-state index in [0.717, 1.165) is 0 Å². The molecule has 2 aliphatic heterocycles. The molecule has 0 aromatic carbocycles. The molecule has 4 heteroatoms. The van der Waals surface area contributed by atoms with Crippen molar-refractivity contribution in [3.63, 3.8) is 0 Å². The molecule has 0 aliphatic carbocycles. The van der Waals surface area contributed by atoms with Gasteiger partial charge in [0.25, 0.3) is 0 Å². The SMILES string of the molecule is CCOC(=O)[C@H]1CN2C(=O)CC#C/C=C/C#C[C@H]12. The van der Waals surface area contributed by atoms with Crippen molar-refractivity contribution < 1.29 is 14.3 Å². The van der Waals surface area contributed by atoms with Gasteiger partial charge in [-0.3, -0.25) is 9.59 Å². The first-order chi connectivity index (χ1) is 8.74. The predicted octanol–water partition coefficient (Wildman–Crippen LogP) is 0.343. The monoisotopic (exact) mass is 243 g/mol. The summed E-state index contributed by atoms with van der Waals surface area (Å²) < 4.78 is 4.97. The summed E-state index contributed by atoms with van der Waals surface area (Å²) in [4.78, 5) is 25.0. The minimum atomic E-state index is -0.374. The van der Waals surface area contributed by atoms with Crippen molar-refractivity contribution in [2.24, 2.45) is 5.92 Å². The average molecular weight is 243 g/mol. The van der Waals surface area contributed by atoms with E-state index in [-0.39, 0.29) is 30.3 Å². The highest BCUT2D eigenvalue weighted by Gasteiger charge is 2.45. The van der Waals surface area contributed by atoms with Crippen LogP contribution in [0.25, 0.3) is 0 Å². The van der Waals surface area contributed by atoms with Gasteiger partial charge >= 0.3 is 5.97 Å². The Morgan fingerprint density at radius 3 is 3.06 bits per heavy atom. The van der Waals surface area contributed by atoms with Crippen LogP contribution in [0, 0.1) is 29.6 Å². The second-order valence-electron chi connectivity index (χ2n) is 3.97. The van der Waals surface area contributed by atoms with Crippen LogP contribution in [0.2, 0.25) is 0 Å². The van der Waals surface area contributed by atoms with Crippen molar-refractivity contribution in [2.45, 2.75) is 19.4 Å². The van der Waals surface area contributed by atoms with Gasteiger partial charge in [-0.2, -0.15) is 0 Å². The lowest BCUT2D eigenvalue weighted by Crippen LogP contribution is -2.61. The van der Waals surface area contributed by atoms with Gasteiger partial charge in [-0.25, -0.2) is 0 Å². The first kappa shape index (κ1) is 12.3. The van der Waals surface area contributed by atoms with Crippen LogP contribution in [0.5, 0.6) is 0 Å². The van der Waals surface area contributed by atoms with Crippen LogP contribution < -0.4 is 0 Å². The highest BCUT2D eigenvalue weighted by molar-refractivity contribution is 5.85. The largest absolute Gasteiger partial charge is 0.466 e. The van der Waals surface area contributed by atoms with Crippen molar-refractivity contribution in [3.8, 4) is 23.7 Å². The van der Waals surface area contributed by atoms with Gasteiger partial charge in [-0.1, -0.05) is 23.7 Å². The molecule has 1 amide bonds. The second kappa shape index (κ2) is 5.42. The standard InChI is InChI=1S/C14H13NO3/c1-2-18-14(17)11-10-15-12(11)8-6-4-3-5-7-9-13(15)16/h3-4,11-12H,2,9-10H2,1H3/b4-3+/t11-,12+/m0/s1. The summed E-state index contributed by atoms with van der Waals surface area (Å²) in [5.41, 5.74) is 0. The molecule has 4 nitrogen and oxygen atoms in total. The molecule has 18 heavy (non-hydrogen) atoms. The molecule has 2 aliphatic rings. The zero-order chi connectivity index (χ0) is 13.0. The fraction of sp³-hybridized carbons (Fsp3) is 0.429. The Morgan fingerprint density at radius 2 is 2.28 bits per heavy atom. The van der Waals surface area contributed by atoms with Crippen molar-refractivity contribution in [1.29, 1.82) is 0 Å². The summed E-state index contributed by atoms with van der Waals surface area (Å²) in [6, 6.07) is -0.374. The topological polar surface area (TPSA) is 46.6 Å². The van der Waals surface area contributed by atoms with Crippen molar-refractivity contribution in [2.75, 3.05) is 13.2 Å². The molecular formula is C14H13NO3. The van der Waals surface area contributed by atoms with Gasteiger partial charge in [-0.15, -0.1) is 0 Å². The molecule has 0 unspecified atom stereocenters. The molecule has 0 saturated carbocycles. The van der Waals surface area contributed by atoms with Gasteiger partial charge in [0.1, 0.15) is 12.0 Å². The summed E-state index contributed by atoms with van der Waals surface area (Å²) in [6.45, 7) is 2.48. The lowest BCUT2D eigenvalue weighted by molar-refractivity contribution is -0.160. The summed E-state index contributed by atoms with van der Waals surface area (Å²) >= 11 is 0. The van der Waals surface area contributed by atoms with Crippen molar-refractivity contribution in [1.82, 2.24) is 4.90 Å². The number of hydrogen-bond acceptors (Lipinski definition) is 3. The fourth-order valence-electron chi connectivity index (χ4n) is 1.90. The first-order valence-electron chi connectivity index (χ1n) is 5.84. The maximum atomic E-state index is 11.8. The van der Waals surface area contributed by atoms with E-state index >= 15 is 0 Å². The van der Waals surface area contributed by atoms with E-state index in [9.17, 15) is 9.59 Å². The number of ether oxygens (including phenoxy) is 1. The molecule has 0 N–H and O–H groups in total. The minimum Gasteiger partial charge on any atom is -0.466 e. The first-order valence-corrected chi connectivity index (χ1v) is 5.84. The van der Waals surface area contributed by atoms with E-state index in [0.29, 0.717) is 13.2 Å². The lowest BCUT2D eigenvalue weighted by atomic mass is 9.88. The lowest BCUT2D eigenvalue weighted by Gasteiger charge is -2.43. The quantitative estimate of drug-likeness (QED) is 0.519. The Kier molecular flexibility index (Phi) is 3.69. The number of fused-ring (bicyclic) bond motifs is 1. The van der Waals surface area contributed by atoms with Crippen LogP contribution in [0.15, 0.2) is 12.2 Å². The number of allylic oxidation sites excluding steroid dienone is 2. The molecule has 2 heterocycles. The fourth-order valence-corrected chi connectivity index (χ4v) is 1.90. The number of amides is 1. The molecule has 2 rings (SSSR count). The summed E-state index contributed by atoms with van der Waals surface area (Å²) in [6.07, 6.45) is 3.40. The number of carbonyl (C=O) groups excluding carboxylic acids is 2. The van der Waals surface area contributed by atoms with E-state index in [1.54, 1.807) is 24.0 Å². The molecule has 0 bridgehead atoms. The molecule has 0 spiro atoms. The van der Waals surface area contributed by atoms with Crippen LogP contribution >= 0.6 is 0 Å². The molecule has 2 atom stereocenters. The van der Waals surface area contributed by atoms with Crippen LogP contribution in [0.1, 0.15) is 13.3 Å². The van der Waals surface area contributed by atoms with Gasteiger partial charge in [0.05, 0.1) is 13.0 Å². The van der Waals surface area contributed by atoms with Gasteiger partial charge in [-0.05, 0) is 19.1 Å². The van der Waals surface area contributed by atoms with E-state index in [1.807, 2.05) is 0 Å². The third kappa shape index (κ3) is 2.38. The molecule has 92 valence electrons. The summed E-state index contributed by atoms with van der Waals surface area (Å²) in [7, 11) is 0. The molecule has 0 radical (unpaired) electrons. The van der Waals surface area contributed by atoms with Crippen molar-refractivity contribution >= 4 is 11.9 Å². The highest BCUT2D eigenvalue weighted by Crippen LogP contribution is 2.26. The van der Waals surface area contributed by atoms with Gasteiger partial charge < -0.3 is 9.64 Å². The average Bonchev–Trinajstić information content (AvgIpc) is 2.31. The maximum absolute atomic E-state index is 11.8. The van der Waals surface area contributed by atoms with E-state index in [2.05, 4.69) is 23.7 Å². The molecule has 0 aromatic rings. The third-order valence-corrected chi connectivity index (χ3v) is 2.84. The van der Waals surface area contributed by atoms with Crippen LogP contribution in [-0.2, 0) is 14.3 Å². The molecule has 1 fully saturated rings. The number of rotatable bonds is 2. The van der Waals surface area contributed by atoms with Crippen molar-refractivity contribution in [3.05, 3.63) is 12.2 Å². The number of esters is 1. The third-order valence-electron chi connectivity index (χ3n) is 2.84. The van der Waals surface area contributed by atoms with Crippen LogP contribution in [-0.4, -0.2) is 36.0 Å². The zero-order valence-electron chi connectivity index (χ0n) is 10.1. The van der Waals surface area contributed by atoms with Crippen LogP contribution in [0.3, 0.4) is 0 Å². The van der Waals surface area contributed by atoms with E-state index in [4.69, 9.17) is 4.74 Å². The number of carbonyl (C=O) groups is 2. The zero-order valence-corrected chi connectivity index (χ0v) is 10.1.